The van der Waals surface area contributed by atoms with Crippen LogP contribution in [-0.2, 0) is 23.7 Å². The molecule has 0 aromatic heterocycles. The SMILES string of the molecule is CC1=C(CC[C@@H](C)O[C@@H]2O[C@H](CO[C@H]3OC[C@@H](O)[C@@H](O)[C@H]3O)[C@H](O)[C@H](O)[C@H]2O)C(C)(C)CCC1=O. The zero-order valence-electron chi connectivity index (χ0n) is 20.7. The summed E-state index contributed by atoms with van der Waals surface area (Å²) in [6, 6.07) is 0. The van der Waals surface area contributed by atoms with E-state index in [1.54, 1.807) is 6.92 Å². The quantitative estimate of drug-likeness (QED) is 0.243. The molecule has 202 valence electrons. The minimum Gasteiger partial charge on any atom is -0.388 e. The van der Waals surface area contributed by atoms with Crippen LogP contribution in [-0.4, -0.2) is 111 Å². The van der Waals surface area contributed by atoms with Gasteiger partial charge in [0.05, 0.1) is 19.3 Å². The average Bonchev–Trinajstić information content (AvgIpc) is 2.80. The third-order valence-corrected chi connectivity index (χ3v) is 7.38. The number of aliphatic hydroxyl groups excluding tert-OH is 6. The number of rotatable bonds is 8. The summed E-state index contributed by atoms with van der Waals surface area (Å²) in [4.78, 5) is 12.2. The molecule has 2 saturated heterocycles. The standard InChI is InChI=1S/C24H40O11/c1-11(5-6-13-12(2)14(25)7-8-24(13,3)4)34-23-21(31)19(29)18(28)16(35-23)10-33-22-20(30)17(27)15(26)9-32-22/h11,15-23,26-31H,5-10H2,1-4H3/t11-,15-,16-,17-,18+,19+,20-,21-,22-,23-/m1/s1. The van der Waals surface area contributed by atoms with Crippen molar-refractivity contribution < 1.29 is 54.4 Å². The Bertz CT molecular complexity index is 769. The Balaban J connectivity index is 1.56. The van der Waals surface area contributed by atoms with E-state index in [4.69, 9.17) is 18.9 Å². The lowest BCUT2D eigenvalue weighted by atomic mass is 9.70. The van der Waals surface area contributed by atoms with Crippen LogP contribution < -0.4 is 0 Å². The summed E-state index contributed by atoms with van der Waals surface area (Å²) in [5, 5.41) is 60.4. The highest BCUT2D eigenvalue weighted by Gasteiger charge is 2.46. The lowest BCUT2D eigenvalue weighted by Gasteiger charge is -2.42. The third kappa shape index (κ3) is 6.48. The molecule has 0 amide bonds. The first-order chi connectivity index (χ1) is 16.3. The molecular formula is C24H40O11. The summed E-state index contributed by atoms with van der Waals surface area (Å²) in [5.74, 6) is 0.160. The molecule has 0 saturated carbocycles. The number of carbonyl (C=O) groups excluding carboxylic acids is 1. The minimum absolute atomic E-state index is 0.0866. The van der Waals surface area contributed by atoms with Crippen LogP contribution in [0.5, 0.6) is 0 Å². The van der Waals surface area contributed by atoms with Crippen molar-refractivity contribution in [3.63, 3.8) is 0 Å². The summed E-state index contributed by atoms with van der Waals surface area (Å²) in [6.07, 6.45) is -10.3. The first-order valence-corrected chi connectivity index (χ1v) is 12.2. The molecule has 2 aliphatic heterocycles. The highest BCUT2D eigenvalue weighted by Crippen LogP contribution is 2.41. The van der Waals surface area contributed by atoms with Crippen molar-refractivity contribution in [2.45, 2.75) is 115 Å². The Labute approximate surface area is 205 Å². The van der Waals surface area contributed by atoms with Gasteiger partial charge in [0, 0.05) is 6.42 Å². The van der Waals surface area contributed by atoms with Crippen molar-refractivity contribution in [3.8, 4) is 0 Å². The van der Waals surface area contributed by atoms with Crippen molar-refractivity contribution in [3.05, 3.63) is 11.1 Å². The molecular weight excluding hydrogens is 464 g/mol. The molecule has 1 aliphatic carbocycles. The van der Waals surface area contributed by atoms with Gasteiger partial charge in [0.1, 0.15) is 42.7 Å². The molecule has 35 heavy (non-hydrogen) atoms. The van der Waals surface area contributed by atoms with E-state index in [2.05, 4.69) is 13.8 Å². The van der Waals surface area contributed by atoms with E-state index in [1.165, 1.54) is 0 Å². The van der Waals surface area contributed by atoms with Crippen molar-refractivity contribution in [2.75, 3.05) is 13.2 Å². The van der Waals surface area contributed by atoms with E-state index in [9.17, 15) is 35.4 Å². The first kappa shape index (κ1) is 28.6. The Morgan fingerprint density at radius 1 is 1.00 bits per heavy atom. The van der Waals surface area contributed by atoms with Crippen LogP contribution in [0.25, 0.3) is 0 Å². The van der Waals surface area contributed by atoms with Crippen LogP contribution in [0.2, 0.25) is 0 Å². The normalized spacial score (nSPS) is 41.2. The Hall–Kier alpha value is -0.990. The molecule has 0 aromatic carbocycles. The second kappa shape index (κ2) is 11.6. The van der Waals surface area contributed by atoms with Crippen molar-refractivity contribution in [2.24, 2.45) is 5.41 Å². The largest absolute Gasteiger partial charge is 0.388 e. The maximum Gasteiger partial charge on any atom is 0.186 e. The molecule has 2 fully saturated rings. The molecule has 0 bridgehead atoms. The molecule has 0 radical (unpaired) electrons. The summed E-state index contributed by atoms with van der Waals surface area (Å²) in [6.45, 7) is 7.30. The number of ketones is 1. The van der Waals surface area contributed by atoms with Crippen LogP contribution in [0.1, 0.15) is 53.4 Å². The topological polar surface area (TPSA) is 175 Å². The van der Waals surface area contributed by atoms with Crippen molar-refractivity contribution in [1.29, 1.82) is 0 Å². The summed E-state index contributed by atoms with van der Waals surface area (Å²) in [7, 11) is 0. The van der Waals surface area contributed by atoms with Gasteiger partial charge < -0.3 is 49.6 Å². The van der Waals surface area contributed by atoms with Crippen molar-refractivity contribution >= 4 is 5.78 Å². The van der Waals surface area contributed by atoms with Gasteiger partial charge in [-0.15, -0.1) is 0 Å². The number of hydrogen-bond acceptors (Lipinski definition) is 11. The van der Waals surface area contributed by atoms with Gasteiger partial charge in [-0.3, -0.25) is 4.79 Å². The maximum atomic E-state index is 12.2. The lowest BCUT2D eigenvalue weighted by molar-refractivity contribution is -0.326. The molecule has 11 heteroatoms. The van der Waals surface area contributed by atoms with Gasteiger partial charge in [0.25, 0.3) is 0 Å². The number of aliphatic hydroxyl groups is 6. The summed E-state index contributed by atoms with van der Waals surface area (Å²) >= 11 is 0. The highest BCUT2D eigenvalue weighted by molar-refractivity contribution is 5.96. The molecule has 3 aliphatic rings. The van der Waals surface area contributed by atoms with Crippen LogP contribution in [0.3, 0.4) is 0 Å². The first-order valence-electron chi connectivity index (χ1n) is 12.2. The van der Waals surface area contributed by atoms with E-state index in [-0.39, 0.29) is 24.4 Å². The summed E-state index contributed by atoms with van der Waals surface area (Å²) < 4.78 is 22.1. The van der Waals surface area contributed by atoms with E-state index < -0.39 is 61.4 Å². The fraction of sp³-hybridized carbons (Fsp3) is 0.875. The number of Topliss-reactive ketones (excluding diaryl/α,β-unsaturated/α-hetero) is 1. The molecule has 0 spiro atoms. The van der Waals surface area contributed by atoms with E-state index in [1.807, 2.05) is 6.92 Å². The molecule has 0 aromatic rings. The molecule has 3 rings (SSSR count). The Kier molecular flexibility index (Phi) is 9.47. The van der Waals surface area contributed by atoms with Crippen LogP contribution in [0, 0.1) is 5.41 Å². The third-order valence-electron chi connectivity index (χ3n) is 7.38. The lowest BCUT2D eigenvalue weighted by Crippen LogP contribution is -2.60. The van der Waals surface area contributed by atoms with E-state index >= 15 is 0 Å². The average molecular weight is 505 g/mol. The van der Waals surface area contributed by atoms with Crippen LogP contribution in [0.15, 0.2) is 11.1 Å². The molecule has 11 nitrogen and oxygen atoms in total. The van der Waals surface area contributed by atoms with Gasteiger partial charge >= 0.3 is 0 Å². The van der Waals surface area contributed by atoms with Gasteiger partial charge in [-0.1, -0.05) is 19.4 Å². The molecule has 0 unspecified atom stereocenters. The Morgan fingerprint density at radius 3 is 2.34 bits per heavy atom. The fourth-order valence-electron chi connectivity index (χ4n) is 4.89. The molecule has 6 N–H and O–H groups in total. The second-order valence-electron chi connectivity index (χ2n) is 10.5. The fourth-order valence-corrected chi connectivity index (χ4v) is 4.89. The van der Waals surface area contributed by atoms with Gasteiger partial charge in [0.15, 0.2) is 18.4 Å². The monoisotopic (exact) mass is 504 g/mol. The van der Waals surface area contributed by atoms with Gasteiger partial charge in [0.2, 0.25) is 0 Å². The Morgan fingerprint density at radius 2 is 1.66 bits per heavy atom. The predicted octanol–water partition coefficient (Wildman–Crippen LogP) is -0.859. The predicted molar refractivity (Wildman–Crippen MR) is 121 cm³/mol. The van der Waals surface area contributed by atoms with Gasteiger partial charge in [-0.25, -0.2) is 0 Å². The van der Waals surface area contributed by atoms with Crippen molar-refractivity contribution in [1.82, 2.24) is 0 Å². The van der Waals surface area contributed by atoms with Crippen LogP contribution in [0.4, 0.5) is 0 Å². The van der Waals surface area contributed by atoms with Crippen LogP contribution >= 0.6 is 0 Å². The number of allylic oxidation sites excluding steroid dienone is 2. The smallest absolute Gasteiger partial charge is 0.186 e. The summed E-state index contributed by atoms with van der Waals surface area (Å²) in [5.41, 5.74) is 1.80. The highest BCUT2D eigenvalue weighted by atomic mass is 16.7. The maximum absolute atomic E-state index is 12.2. The van der Waals surface area contributed by atoms with Gasteiger partial charge in [-0.05, 0) is 44.1 Å². The number of hydrogen-bond donors (Lipinski definition) is 6. The van der Waals surface area contributed by atoms with E-state index in [0.717, 1.165) is 17.6 Å². The number of carbonyl (C=O) groups is 1. The zero-order valence-corrected chi connectivity index (χ0v) is 20.7. The molecule has 10 atom stereocenters. The second-order valence-corrected chi connectivity index (χ2v) is 10.5. The number of ether oxygens (including phenoxy) is 4. The van der Waals surface area contributed by atoms with E-state index in [0.29, 0.717) is 19.3 Å². The molecule has 2 heterocycles. The minimum atomic E-state index is -1.57. The van der Waals surface area contributed by atoms with Gasteiger partial charge in [-0.2, -0.15) is 0 Å². The zero-order chi connectivity index (χ0) is 26.1.